The molecule has 0 aromatic rings. The maximum absolute atomic E-state index is 9.22. The van der Waals surface area contributed by atoms with E-state index in [0.29, 0.717) is 0 Å². The summed E-state index contributed by atoms with van der Waals surface area (Å²) in [6, 6.07) is 0. The summed E-state index contributed by atoms with van der Waals surface area (Å²) in [7, 11) is 0. The van der Waals surface area contributed by atoms with Crippen molar-refractivity contribution in [1.82, 2.24) is 0 Å². The Balaban J connectivity index is 2.76. The standard InChI is InChI=1S/C6H11IO5/c7-1-2(8)4(10)6(12)5(11)3(1)9/h1-6,8-12H/t1-,2-,3+,4+,5-,6-. The molecule has 5 nitrogen and oxygen atoms in total. The molecule has 1 aliphatic rings. The van der Waals surface area contributed by atoms with Crippen molar-refractivity contribution in [3.63, 3.8) is 0 Å². The fourth-order valence-corrected chi connectivity index (χ4v) is 2.04. The van der Waals surface area contributed by atoms with Gasteiger partial charge in [-0.05, 0) is 0 Å². The van der Waals surface area contributed by atoms with Crippen molar-refractivity contribution in [3.05, 3.63) is 0 Å². The second kappa shape index (κ2) is 3.72. The molecule has 0 unspecified atom stereocenters. The molecule has 0 heterocycles. The van der Waals surface area contributed by atoms with Crippen LogP contribution in [0.25, 0.3) is 0 Å². The molecule has 0 saturated heterocycles. The third kappa shape index (κ3) is 1.59. The van der Waals surface area contributed by atoms with Gasteiger partial charge < -0.3 is 25.5 Å². The summed E-state index contributed by atoms with van der Waals surface area (Å²) < 4.78 is -0.670. The highest BCUT2D eigenvalue weighted by molar-refractivity contribution is 14.1. The van der Waals surface area contributed by atoms with E-state index in [-0.39, 0.29) is 0 Å². The van der Waals surface area contributed by atoms with Gasteiger partial charge in [-0.15, -0.1) is 0 Å². The van der Waals surface area contributed by atoms with E-state index in [1.165, 1.54) is 0 Å². The first kappa shape index (κ1) is 10.6. The zero-order valence-electron chi connectivity index (χ0n) is 6.08. The molecule has 0 spiro atoms. The van der Waals surface area contributed by atoms with Crippen molar-refractivity contribution in [2.45, 2.75) is 34.4 Å². The molecule has 72 valence electrons. The Labute approximate surface area is 82.8 Å². The number of halogens is 1. The normalized spacial score (nSPS) is 55.5. The Hall–Kier alpha value is 0.530. The van der Waals surface area contributed by atoms with Crippen LogP contribution in [-0.4, -0.2) is 60.0 Å². The average Bonchev–Trinajstić information content (AvgIpc) is 2.08. The molecular formula is C6H11IO5. The minimum Gasteiger partial charge on any atom is -0.389 e. The van der Waals surface area contributed by atoms with Gasteiger partial charge in [0.1, 0.15) is 18.3 Å². The van der Waals surface area contributed by atoms with E-state index in [1.807, 2.05) is 0 Å². The van der Waals surface area contributed by atoms with Crippen molar-refractivity contribution in [2.75, 3.05) is 0 Å². The van der Waals surface area contributed by atoms with Crippen LogP contribution in [0.3, 0.4) is 0 Å². The molecular weight excluding hydrogens is 279 g/mol. The number of rotatable bonds is 0. The Kier molecular flexibility index (Phi) is 3.29. The largest absolute Gasteiger partial charge is 0.389 e. The van der Waals surface area contributed by atoms with Crippen molar-refractivity contribution in [1.29, 1.82) is 0 Å². The van der Waals surface area contributed by atoms with Gasteiger partial charge in [-0.3, -0.25) is 0 Å². The molecule has 0 amide bonds. The lowest BCUT2D eigenvalue weighted by molar-refractivity contribution is -0.169. The number of hydrogen-bond acceptors (Lipinski definition) is 5. The summed E-state index contributed by atoms with van der Waals surface area (Å²) in [5.74, 6) is 0. The summed E-state index contributed by atoms with van der Waals surface area (Å²) in [5.41, 5.74) is 0. The number of hydrogen-bond donors (Lipinski definition) is 5. The Morgan fingerprint density at radius 1 is 0.583 bits per heavy atom. The second-order valence-corrected chi connectivity index (χ2v) is 4.34. The summed E-state index contributed by atoms with van der Waals surface area (Å²) in [6.07, 6.45) is -6.70. The van der Waals surface area contributed by atoms with Crippen LogP contribution in [0.2, 0.25) is 0 Å². The number of alkyl halides is 1. The maximum Gasteiger partial charge on any atom is 0.111 e. The summed E-state index contributed by atoms with van der Waals surface area (Å²) in [5, 5.41) is 45.8. The van der Waals surface area contributed by atoms with E-state index in [2.05, 4.69) is 0 Å². The Morgan fingerprint density at radius 3 is 1.17 bits per heavy atom. The van der Waals surface area contributed by atoms with Gasteiger partial charge in [0, 0.05) is 0 Å². The Bertz CT molecular complexity index is 107. The van der Waals surface area contributed by atoms with Crippen molar-refractivity contribution < 1.29 is 25.5 Å². The van der Waals surface area contributed by atoms with E-state index >= 15 is 0 Å². The molecule has 1 aliphatic carbocycles. The van der Waals surface area contributed by atoms with E-state index in [1.54, 1.807) is 22.6 Å². The predicted molar refractivity (Wildman–Crippen MR) is 47.8 cm³/mol. The molecule has 0 aliphatic heterocycles. The number of aliphatic hydroxyl groups excluding tert-OH is 5. The molecule has 0 aromatic carbocycles. The molecule has 6 heteroatoms. The van der Waals surface area contributed by atoms with Crippen molar-refractivity contribution in [2.24, 2.45) is 0 Å². The van der Waals surface area contributed by atoms with Crippen LogP contribution in [0.4, 0.5) is 0 Å². The maximum atomic E-state index is 9.22. The molecule has 0 bridgehead atoms. The van der Waals surface area contributed by atoms with E-state index in [0.717, 1.165) is 0 Å². The minimum absolute atomic E-state index is 0.670. The topological polar surface area (TPSA) is 101 Å². The summed E-state index contributed by atoms with van der Waals surface area (Å²) in [4.78, 5) is 0. The number of aliphatic hydroxyl groups is 5. The molecule has 0 aromatic heterocycles. The van der Waals surface area contributed by atoms with Crippen LogP contribution >= 0.6 is 22.6 Å². The Morgan fingerprint density at radius 2 is 0.833 bits per heavy atom. The van der Waals surface area contributed by atoms with Crippen LogP contribution in [0.5, 0.6) is 0 Å². The highest BCUT2D eigenvalue weighted by Crippen LogP contribution is 2.26. The van der Waals surface area contributed by atoms with Crippen LogP contribution < -0.4 is 0 Å². The first-order chi connectivity index (χ1) is 5.46. The monoisotopic (exact) mass is 290 g/mol. The quantitative estimate of drug-likeness (QED) is 0.253. The van der Waals surface area contributed by atoms with Gasteiger partial charge in [-0.1, -0.05) is 22.6 Å². The molecule has 1 saturated carbocycles. The SMILES string of the molecule is O[C@@H]1[C@@H](O)[C@H](O)[C@@H](I)[C@H](O)[C@H]1O. The second-order valence-electron chi connectivity index (χ2n) is 2.90. The van der Waals surface area contributed by atoms with E-state index in [4.69, 9.17) is 15.3 Å². The van der Waals surface area contributed by atoms with E-state index < -0.39 is 34.4 Å². The van der Waals surface area contributed by atoms with Gasteiger partial charge in [-0.25, -0.2) is 0 Å². The van der Waals surface area contributed by atoms with Crippen molar-refractivity contribution in [3.8, 4) is 0 Å². The fraction of sp³-hybridized carbons (Fsp3) is 1.00. The van der Waals surface area contributed by atoms with Crippen LogP contribution in [0.1, 0.15) is 0 Å². The predicted octanol–water partition coefficient (Wildman–Crippen LogP) is -2.39. The third-order valence-corrected chi connectivity index (χ3v) is 3.53. The van der Waals surface area contributed by atoms with Gasteiger partial charge in [0.2, 0.25) is 0 Å². The lowest BCUT2D eigenvalue weighted by atomic mass is 9.87. The summed E-state index contributed by atoms with van der Waals surface area (Å²) in [6.45, 7) is 0. The minimum atomic E-state index is -1.49. The summed E-state index contributed by atoms with van der Waals surface area (Å²) >= 11 is 1.72. The first-order valence-electron chi connectivity index (χ1n) is 3.51. The van der Waals surface area contributed by atoms with Gasteiger partial charge in [0.15, 0.2) is 0 Å². The molecule has 1 rings (SSSR count). The smallest absolute Gasteiger partial charge is 0.111 e. The van der Waals surface area contributed by atoms with Gasteiger partial charge >= 0.3 is 0 Å². The lowest BCUT2D eigenvalue weighted by Crippen LogP contribution is -2.61. The molecule has 5 N–H and O–H groups in total. The molecule has 6 atom stereocenters. The fourth-order valence-electron chi connectivity index (χ4n) is 1.18. The zero-order chi connectivity index (χ0) is 9.46. The lowest BCUT2D eigenvalue weighted by Gasteiger charge is -2.39. The molecule has 0 radical (unpaired) electrons. The first-order valence-corrected chi connectivity index (χ1v) is 4.75. The van der Waals surface area contributed by atoms with Crippen LogP contribution in [0.15, 0.2) is 0 Å². The van der Waals surface area contributed by atoms with Crippen LogP contribution in [0, 0.1) is 0 Å². The third-order valence-electron chi connectivity index (χ3n) is 2.05. The zero-order valence-corrected chi connectivity index (χ0v) is 8.24. The van der Waals surface area contributed by atoms with Crippen LogP contribution in [-0.2, 0) is 0 Å². The van der Waals surface area contributed by atoms with Crippen molar-refractivity contribution >= 4 is 22.6 Å². The highest BCUT2D eigenvalue weighted by atomic mass is 127. The highest BCUT2D eigenvalue weighted by Gasteiger charge is 2.46. The van der Waals surface area contributed by atoms with Gasteiger partial charge in [-0.2, -0.15) is 0 Å². The van der Waals surface area contributed by atoms with E-state index in [9.17, 15) is 10.2 Å². The average molecular weight is 290 g/mol. The molecule has 12 heavy (non-hydrogen) atoms. The van der Waals surface area contributed by atoms with Gasteiger partial charge in [0.25, 0.3) is 0 Å². The van der Waals surface area contributed by atoms with Gasteiger partial charge in [0.05, 0.1) is 16.1 Å². The molecule has 1 fully saturated rings.